The summed E-state index contributed by atoms with van der Waals surface area (Å²) in [4.78, 5) is 10.7. The molecule has 0 saturated carbocycles. The molecule has 1 heterocycles. The van der Waals surface area contributed by atoms with E-state index < -0.39 is 5.63 Å². The molecule has 0 spiro atoms. The Bertz CT molecular complexity index is 475. The van der Waals surface area contributed by atoms with Crippen LogP contribution in [0.15, 0.2) is 39.5 Å². The first-order chi connectivity index (χ1) is 5.75. The highest BCUT2D eigenvalue weighted by Crippen LogP contribution is 2.17. The first-order valence-electron chi connectivity index (χ1n) is 3.48. The van der Waals surface area contributed by atoms with Crippen LogP contribution in [0.4, 0.5) is 4.70 Å². The van der Waals surface area contributed by atoms with Crippen molar-refractivity contribution in [2.24, 2.45) is 0 Å². The molecule has 0 atom stereocenters. The number of aromatic hydroxyl groups is 1. The van der Waals surface area contributed by atoms with E-state index in [0.717, 1.165) is 5.39 Å². The average molecular weight is 182 g/mol. The van der Waals surface area contributed by atoms with Crippen molar-refractivity contribution in [3.05, 3.63) is 40.8 Å². The number of benzene rings is 1. The Hall–Kier alpha value is -1.84. The van der Waals surface area contributed by atoms with Gasteiger partial charge in [-0.1, -0.05) is 0 Å². The zero-order chi connectivity index (χ0) is 8.55. The van der Waals surface area contributed by atoms with E-state index in [2.05, 4.69) is 0 Å². The third-order valence-corrected chi connectivity index (χ3v) is 1.61. The normalized spacial score (nSPS) is 9.54. The van der Waals surface area contributed by atoms with Gasteiger partial charge in [-0.05, 0) is 18.2 Å². The van der Waals surface area contributed by atoms with E-state index in [0.29, 0.717) is 5.58 Å². The van der Waals surface area contributed by atoms with Crippen molar-refractivity contribution in [2.75, 3.05) is 0 Å². The van der Waals surface area contributed by atoms with Crippen molar-refractivity contribution in [3.63, 3.8) is 0 Å². The van der Waals surface area contributed by atoms with Gasteiger partial charge in [-0.15, -0.1) is 0 Å². The minimum absolute atomic E-state index is 0. The van der Waals surface area contributed by atoms with Crippen LogP contribution < -0.4 is 5.63 Å². The van der Waals surface area contributed by atoms with E-state index in [9.17, 15) is 4.79 Å². The van der Waals surface area contributed by atoms with E-state index in [-0.39, 0.29) is 10.5 Å². The van der Waals surface area contributed by atoms with Crippen molar-refractivity contribution in [1.29, 1.82) is 0 Å². The van der Waals surface area contributed by atoms with Crippen LogP contribution in [0.3, 0.4) is 0 Å². The number of halogens is 1. The molecule has 1 N–H and O–H groups in total. The molecule has 3 nitrogen and oxygen atoms in total. The van der Waals surface area contributed by atoms with Crippen molar-refractivity contribution in [3.8, 4) is 5.75 Å². The standard InChI is InChI=1S/C9H6O3.FH/c10-7-3-1-6-2-4-9(11)12-8(6)5-7;/h1-5,10H;1H. The van der Waals surface area contributed by atoms with Crippen LogP contribution in [-0.4, -0.2) is 5.11 Å². The maximum atomic E-state index is 10.7. The zero-order valence-electron chi connectivity index (χ0n) is 6.56. The number of hydrogen-bond donors (Lipinski definition) is 1. The van der Waals surface area contributed by atoms with E-state index in [1.165, 1.54) is 12.1 Å². The first kappa shape index (κ1) is 9.25. The second-order valence-electron chi connectivity index (χ2n) is 2.48. The molecule has 0 unspecified atom stereocenters. The first-order valence-corrected chi connectivity index (χ1v) is 3.48. The predicted octanol–water partition coefficient (Wildman–Crippen LogP) is 1.65. The van der Waals surface area contributed by atoms with Crippen LogP contribution in [0.1, 0.15) is 0 Å². The SMILES string of the molecule is F.O=c1ccc2ccc(O)cc2o1. The summed E-state index contributed by atoms with van der Waals surface area (Å²) in [6, 6.07) is 7.65. The zero-order valence-corrected chi connectivity index (χ0v) is 6.56. The molecule has 2 aromatic rings. The molecule has 0 radical (unpaired) electrons. The summed E-state index contributed by atoms with van der Waals surface area (Å²) in [7, 11) is 0. The van der Waals surface area contributed by atoms with Crippen LogP contribution in [0.5, 0.6) is 5.75 Å². The van der Waals surface area contributed by atoms with Gasteiger partial charge >= 0.3 is 5.63 Å². The summed E-state index contributed by atoms with van der Waals surface area (Å²) >= 11 is 0. The molecule has 4 heteroatoms. The van der Waals surface area contributed by atoms with Gasteiger partial charge < -0.3 is 9.52 Å². The van der Waals surface area contributed by atoms with Gasteiger partial charge in [-0.2, -0.15) is 0 Å². The Labute approximate surface area is 72.6 Å². The Balaban J connectivity index is 0.000000845. The maximum absolute atomic E-state index is 10.7. The quantitative estimate of drug-likeness (QED) is 0.630. The number of hydrogen-bond acceptors (Lipinski definition) is 3. The Kier molecular flexibility index (Phi) is 2.32. The topological polar surface area (TPSA) is 50.4 Å². The molecule has 1 aromatic heterocycles. The van der Waals surface area contributed by atoms with Gasteiger partial charge in [0.2, 0.25) is 0 Å². The fraction of sp³-hybridized carbons (Fsp3) is 0. The van der Waals surface area contributed by atoms with Crippen molar-refractivity contribution < 1.29 is 14.2 Å². The predicted molar refractivity (Wildman–Crippen MR) is 46.7 cm³/mol. The summed E-state index contributed by atoms with van der Waals surface area (Å²) in [6.07, 6.45) is 0. The molecule has 0 fully saturated rings. The van der Waals surface area contributed by atoms with E-state index in [1.807, 2.05) is 0 Å². The average Bonchev–Trinajstić information content (AvgIpc) is 2.03. The minimum atomic E-state index is -0.409. The monoisotopic (exact) mass is 182 g/mol. The highest BCUT2D eigenvalue weighted by molar-refractivity contribution is 5.77. The van der Waals surface area contributed by atoms with Crippen LogP contribution in [-0.2, 0) is 0 Å². The highest BCUT2D eigenvalue weighted by Gasteiger charge is 1.96. The Morgan fingerprint density at radius 3 is 2.62 bits per heavy atom. The number of phenolic OH excluding ortho intramolecular Hbond substituents is 1. The number of fused-ring (bicyclic) bond motifs is 1. The molecule has 68 valence electrons. The van der Waals surface area contributed by atoms with Gasteiger partial charge in [0, 0.05) is 17.5 Å². The van der Waals surface area contributed by atoms with Gasteiger partial charge in [-0.3, -0.25) is 4.70 Å². The highest BCUT2D eigenvalue weighted by atomic mass is 19.0. The van der Waals surface area contributed by atoms with Crippen molar-refractivity contribution >= 4 is 11.0 Å². The lowest BCUT2D eigenvalue weighted by atomic mass is 10.2. The Morgan fingerprint density at radius 1 is 1.15 bits per heavy atom. The van der Waals surface area contributed by atoms with Crippen LogP contribution >= 0.6 is 0 Å². The molecular formula is C9H7FO3. The molecule has 0 amide bonds. The third-order valence-electron chi connectivity index (χ3n) is 1.61. The second kappa shape index (κ2) is 3.26. The molecule has 2 rings (SSSR count). The van der Waals surface area contributed by atoms with Crippen LogP contribution in [0, 0.1) is 0 Å². The maximum Gasteiger partial charge on any atom is 0.336 e. The smallest absolute Gasteiger partial charge is 0.336 e. The molecule has 0 aliphatic carbocycles. The van der Waals surface area contributed by atoms with Crippen LogP contribution in [0.25, 0.3) is 11.0 Å². The third kappa shape index (κ3) is 1.66. The van der Waals surface area contributed by atoms with Gasteiger partial charge in [0.15, 0.2) is 0 Å². The van der Waals surface area contributed by atoms with E-state index >= 15 is 0 Å². The van der Waals surface area contributed by atoms with E-state index in [4.69, 9.17) is 9.52 Å². The van der Waals surface area contributed by atoms with Crippen molar-refractivity contribution in [2.45, 2.75) is 0 Å². The van der Waals surface area contributed by atoms with E-state index in [1.54, 1.807) is 18.2 Å². The lowest BCUT2D eigenvalue weighted by Gasteiger charge is -1.94. The lowest BCUT2D eigenvalue weighted by molar-refractivity contribution is 0.473. The minimum Gasteiger partial charge on any atom is -0.508 e. The lowest BCUT2D eigenvalue weighted by Crippen LogP contribution is -1.93. The fourth-order valence-electron chi connectivity index (χ4n) is 1.05. The molecule has 0 bridgehead atoms. The van der Waals surface area contributed by atoms with Gasteiger partial charge in [0.05, 0.1) is 0 Å². The van der Waals surface area contributed by atoms with Gasteiger partial charge in [-0.25, -0.2) is 4.79 Å². The van der Waals surface area contributed by atoms with Gasteiger partial charge in [0.25, 0.3) is 0 Å². The molecule has 0 aliphatic rings. The molecule has 13 heavy (non-hydrogen) atoms. The second-order valence-corrected chi connectivity index (χ2v) is 2.48. The number of phenols is 1. The summed E-state index contributed by atoms with van der Waals surface area (Å²) in [5, 5.41) is 9.86. The molecular weight excluding hydrogens is 175 g/mol. The molecule has 1 aromatic carbocycles. The largest absolute Gasteiger partial charge is 0.508 e. The molecule has 0 saturated heterocycles. The summed E-state index contributed by atoms with van der Waals surface area (Å²) in [6.45, 7) is 0. The Morgan fingerprint density at radius 2 is 1.85 bits per heavy atom. The number of rotatable bonds is 0. The van der Waals surface area contributed by atoms with Crippen molar-refractivity contribution in [1.82, 2.24) is 0 Å². The van der Waals surface area contributed by atoms with Crippen LogP contribution in [0.2, 0.25) is 0 Å². The molecule has 0 aliphatic heterocycles. The summed E-state index contributed by atoms with van der Waals surface area (Å²) in [5.41, 5.74) is -0.00407. The fourth-order valence-corrected chi connectivity index (χ4v) is 1.05. The van der Waals surface area contributed by atoms with Gasteiger partial charge in [0.1, 0.15) is 11.3 Å². The summed E-state index contributed by atoms with van der Waals surface area (Å²) in [5.74, 6) is 0.0943. The summed E-state index contributed by atoms with van der Waals surface area (Å²) < 4.78 is 4.83.